The zero-order valence-corrected chi connectivity index (χ0v) is 21.0. The highest BCUT2D eigenvalue weighted by molar-refractivity contribution is 8.00. The van der Waals surface area contributed by atoms with Gasteiger partial charge in [-0.25, -0.2) is 4.79 Å². The standard InChI is InChI=1S/C21H24N8O6S2/c22-21-25-15(27-37-21)12(26-35)16(30)24-13-18(32)29-14(20(33)34)11(8-36-19(13)29)5-10-2-4-28(17(10)31)7-9-1-3-23-6-9/h5,9,13,19,23,35H,1-4,6-8H2,(H,24,30)(H,33,34)(H2,22,25,27)/b10-5+,26-12-/t9?,13-,19?/m1/s1. The van der Waals surface area contributed by atoms with Gasteiger partial charge in [-0.15, -0.1) is 11.8 Å². The number of allylic oxidation sites excluding steroid dienone is 1. The lowest BCUT2D eigenvalue weighted by molar-refractivity contribution is -0.150. The minimum Gasteiger partial charge on any atom is -0.477 e. The third kappa shape index (κ3) is 4.67. The van der Waals surface area contributed by atoms with Crippen molar-refractivity contribution in [1.82, 2.24) is 29.8 Å². The van der Waals surface area contributed by atoms with Gasteiger partial charge in [0.2, 0.25) is 17.4 Å². The van der Waals surface area contributed by atoms with Crippen LogP contribution < -0.4 is 16.4 Å². The Balaban J connectivity index is 1.30. The summed E-state index contributed by atoms with van der Waals surface area (Å²) in [6, 6.07) is -1.04. The smallest absolute Gasteiger partial charge is 0.352 e. The molecule has 0 saturated carbocycles. The molecule has 5 heterocycles. The molecule has 16 heteroatoms. The number of amides is 3. The quantitative estimate of drug-likeness (QED) is 0.0900. The van der Waals surface area contributed by atoms with Gasteiger partial charge in [-0.1, -0.05) is 5.16 Å². The number of carboxylic acids is 1. The van der Waals surface area contributed by atoms with Gasteiger partial charge in [0.25, 0.3) is 11.8 Å². The first-order chi connectivity index (χ1) is 17.8. The van der Waals surface area contributed by atoms with Gasteiger partial charge < -0.3 is 31.6 Å². The second-order valence-electron chi connectivity index (χ2n) is 8.97. The molecule has 0 bridgehead atoms. The van der Waals surface area contributed by atoms with Crippen LogP contribution in [0.5, 0.6) is 0 Å². The number of oxime groups is 1. The molecule has 4 aliphatic heterocycles. The Kier molecular flexibility index (Phi) is 6.87. The number of carboxylic acid groups (broad SMARTS) is 1. The van der Waals surface area contributed by atoms with Crippen LogP contribution >= 0.6 is 23.3 Å². The maximum atomic E-state index is 12.9. The number of β-lactam (4-membered cyclic amide) rings is 1. The van der Waals surface area contributed by atoms with Crippen molar-refractivity contribution in [1.29, 1.82) is 0 Å². The normalized spacial score (nSPS) is 27.1. The van der Waals surface area contributed by atoms with E-state index in [-0.39, 0.29) is 28.3 Å². The molecule has 1 aromatic heterocycles. The maximum absolute atomic E-state index is 12.9. The highest BCUT2D eigenvalue weighted by Crippen LogP contribution is 2.41. The Morgan fingerprint density at radius 1 is 1.35 bits per heavy atom. The first-order valence-electron chi connectivity index (χ1n) is 11.5. The second-order valence-corrected chi connectivity index (χ2v) is 10.9. The van der Waals surface area contributed by atoms with Crippen LogP contribution in [0.25, 0.3) is 0 Å². The Bertz CT molecular complexity index is 1250. The maximum Gasteiger partial charge on any atom is 0.352 e. The molecule has 5 rings (SSSR count). The van der Waals surface area contributed by atoms with E-state index in [1.54, 1.807) is 11.0 Å². The number of nitrogens with zero attached hydrogens (tertiary/aromatic N) is 5. The molecule has 3 fully saturated rings. The monoisotopic (exact) mass is 548 g/mol. The topological polar surface area (TPSA) is 203 Å². The second kappa shape index (κ2) is 10.1. The number of rotatable bonds is 7. The van der Waals surface area contributed by atoms with Gasteiger partial charge >= 0.3 is 5.97 Å². The molecule has 37 heavy (non-hydrogen) atoms. The lowest BCUT2D eigenvalue weighted by Gasteiger charge is -2.49. The fourth-order valence-corrected chi connectivity index (χ4v) is 6.59. The van der Waals surface area contributed by atoms with Crippen molar-refractivity contribution < 1.29 is 29.5 Å². The molecule has 3 amide bonds. The molecular formula is C21H24N8O6S2. The van der Waals surface area contributed by atoms with Gasteiger partial charge in [0.15, 0.2) is 5.13 Å². The van der Waals surface area contributed by atoms with E-state index in [0.29, 0.717) is 36.6 Å². The van der Waals surface area contributed by atoms with Crippen LogP contribution in [-0.2, 0) is 19.2 Å². The molecule has 6 N–H and O–H groups in total. The Morgan fingerprint density at radius 2 is 2.16 bits per heavy atom. The number of hydrogen-bond acceptors (Lipinski definition) is 12. The van der Waals surface area contributed by atoms with Gasteiger partial charge in [-0.2, -0.15) is 9.36 Å². The van der Waals surface area contributed by atoms with Crippen LogP contribution in [-0.4, -0.2) is 102 Å². The van der Waals surface area contributed by atoms with E-state index < -0.39 is 34.9 Å². The molecule has 2 unspecified atom stereocenters. The molecule has 1 aromatic rings. The fraction of sp³-hybridized carbons (Fsp3) is 0.476. The van der Waals surface area contributed by atoms with Gasteiger partial charge in [-0.05, 0) is 43.5 Å². The Morgan fingerprint density at radius 3 is 2.81 bits per heavy atom. The SMILES string of the molecule is Nc1nc(/C(=N/O)C(=O)N[C@@H]2C(=O)N3C(C(=O)O)=C(/C=C4\CCN(CC5CCNC5)C4=O)CSC23)ns1. The van der Waals surface area contributed by atoms with Gasteiger partial charge in [0.1, 0.15) is 17.1 Å². The van der Waals surface area contributed by atoms with E-state index >= 15 is 0 Å². The van der Waals surface area contributed by atoms with E-state index in [4.69, 9.17) is 5.73 Å². The molecule has 3 saturated heterocycles. The van der Waals surface area contributed by atoms with E-state index in [9.17, 15) is 29.5 Å². The van der Waals surface area contributed by atoms with Crippen molar-refractivity contribution in [2.45, 2.75) is 24.3 Å². The van der Waals surface area contributed by atoms with Crippen molar-refractivity contribution in [2.75, 3.05) is 37.7 Å². The summed E-state index contributed by atoms with van der Waals surface area (Å²) in [6.45, 7) is 3.07. The number of carbonyl (C=O) groups excluding carboxylic acids is 3. The first kappa shape index (κ1) is 25.2. The average molecular weight is 549 g/mol. The van der Waals surface area contributed by atoms with E-state index in [1.165, 1.54) is 11.8 Å². The van der Waals surface area contributed by atoms with Crippen LogP contribution in [0.15, 0.2) is 28.1 Å². The minimum atomic E-state index is -1.30. The largest absolute Gasteiger partial charge is 0.477 e. The number of fused-ring (bicyclic) bond motifs is 1. The highest BCUT2D eigenvalue weighted by Gasteiger charge is 2.54. The van der Waals surface area contributed by atoms with Gasteiger partial charge in [-0.3, -0.25) is 19.3 Å². The number of aliphatic carboxylic acids is 1. The third-order valence-corrected chi connectivity index (χ3v) is 8.50. The van der Waals surface area contributed by atoms with Crippen molar-refractivity contribution in [3.05, 3.63) is 28.7 Å². The number of aromatic nitrogens is 2. The zero-order chi connectivity index (χ0) is 26.3. The highest BCUT2D eigenvalue weighted by atomic mass is 32.2. The number of nitrogens with one attached hydrogen (secondary N) is 2. The van der Waals surface area contributed by atoms with Crippen LogP contribution in [0.3, 0.4) is 0 Å². The van der Waals surface area contributed by atoms with Crippen molar-refractivity contribution in [2.24, 2.45) is 11.1 Å². The fourth-order valence-electron chi connectivity index (χ4n) is 4.85. The summed E-state index contributed by atoms with van der Waals surface area (Å²) in [5.41, 5.74) is 5.68. The molecule has 0 radical (unpaired) electrons. The number of thioether (sulfide) groups is 1. The van der Waals surface area contributed by atoms with Gasteiger partial charge in [0, 0.05) is 35.9 Å². The molecule has 4 aliphatic rings. The summed E-state index contributed by atoms with van der Waals surface area (Å²) in [5, 5.41) is 27.2. The molecule has 14 nitrogen and oxygen atoms in total. The number of nitrogen functional groups attached to an aromatic ring is 1. The Labute approximate surface area is 218 Å². The predicted molar refractivity (Wildman–Crippen MR) is 133 cm³/mol. The van der Waals surface area contributed by atoms with Crippen molar-refractivity contribution in [3.63, 3.8) is 0 Å². The lowest BCUT2D eigenvalue weighted by atomic mass is 10.0. The zero-order valence-electron chi connectivity index (χ0n) is 19.4. The number of nitrogens with two attached hydrogens (primary N) is 1. The van der Waals surface area contributed by atoms with Crippen LogP contribution in [0.4, 0.5) is 5.13 Å². The first-order valence-corrected chi connectivity index (χ1v) is 13.3. The summed E-state index contributed by atoms with van der Waals surface area (Å²) in [7, 11) is 0. The summed E-state index contributed by atoms with van der Waals surface area (Å²) >= 11 is 2.07. The summed E-state index contributed by atoms with van der Waals surface area (Å²) in [6.07, 6.45) is 3.12. The Hall–Kier alpha value is -3.50. The molecule has 0 aliphatic carbocycles. The van der Waals surface area contributed by atoms with Crippen molar-refractivity contribution >= 4 is 57.8 Å². The number of likely N-dealkylation sites (tertiary alicyclic amines) is 1. The molecule has 196 valence electrons. The summed E-state index contributed by atoms with van der Waals surface area (Å²) < 4.78 is 3.82. The average Bonchev–Trinajstić information content (AvgIpc) is 3.62. The number of anilines is 1. The van der Waals surface area contributed by atoms with E-state index in [0.717, 1.165) is 35.9 Å². The predicted octanol–water partition coefficient (Wildman–Crippen LogP) is -1.19. The third-order valence-electron chi connectivity index (χ3n) is 6.66. The molecular weight excluding hydrogens is 524 g/mol. The molecule has 3 atom stereocenters. The van der Waals surface area contributed by atoms with Crippen LogP contribution in [0, 0.1) is 5.92 Å². The van der Waals surface area contributed by atoms with Gasteiger partial charge in [0.05, 0.1) is 0 Å². The lowest BCUT2D eigenvalue weighted by Crippen LogP contribution is -2.71. The van der Waals surface area contributed by atoms with Crippen LogP contribution in [0.1, 0.15) is 18.7 Å². The number of carbonyl (C=O) groups is 4. The van der Waals surface area contributed by atoms with E-state index in [2.05, 4.69) is 25.1 Å². The molecule has 0 spiro atoms. The molecule has 0 aromatic carbocycles. The van der Waals surface area contributed by atoms with Crippen LogP contribution in [0.2, 0.25) is 0 Å². The summed E-state index contributed by atoms with van der Waals surface area (Å²) in [5.74, 6) is -2.48. The summed E-state index contributed by atoms with van der Waals surface area (Å²) in [4.78, 5) is 57.4. The van der Waals surface area contributed by atoms with E-state index in [1.807, 2.05) is 0 Å². The minimum absolute atomic E-state index is 0.0648. The number of hydrogen-bond donors (Lipinski definition) is 5. The van der Waals surface area contributed by atoms with Crippen molar-refractivity contribution in [3.8, 4) is 0 Å².